The molecule has 2 aromatic carbocycles. The van der Waals surface area contributed by atoms with Gasteiger partial charge in [-0.2, -0.15) is 0 Å². The van der Waals surface area contributed by atoms with Gasteiger partial charge in [-0.1, -0.05) is 58.5 Å². The van der Waals surface area contributed by atoms with E-state index in [2.05, 4.69) is 45.7 Å². The number of rotatable bonds is 8. The van der Waals surface area contributed by atoms with E-state index in [9.17, 15) is 0 Å². The van der Waals surface area contributed by atoms with E-state index >= 15 is 0 Å². The van der Waals surface area contributed by atoms with Gasteiger partial charge in [-0.05, 0) is 37.1 Å². The van der Waals surface area contributed by atoms with E-state index in [1.54, 1.807) is 0 Å². The minimum absolute atomic E-state index is 0.737. The summed E-state index contributed by atoms with van der Waals surface area (Å²) in [5.41, 5.74) is 0. The average molecular weight is 430 g/mol. The number of ether oxygens (including phenoxy) is 2. The van der Waals surface area contributed by atoms with E-state index in [1.807, 2.05) is 24.3 Å². The van der Waals surface area contributed by atoms with Crippen molar-refractivity contribution in [3.8, 4) is 11.5 Å². The van der Waals surface area contributed by atoms with Gasteiger partial charge in [0, 0.05) is 19.7 Å². The molecule has 0 amide bonds. The van der Waals surface area contributed by atoms with E-state index in [4.69, 9.17) is 9.47 Å². The van der Waals surface area contributed by atoms with Crippen LogP contribution in [0.25, 0.3) is 10.8 Å². The van der Waals surface area contributed by atoms with Crippen LogP contribution in [0.4, 0.5) is 0 Å². The standard InChI is InChI=1S/C18H22Br2O2/c1-3-5-11-21-15-9-7-14(20)18-16(22-12-6-4-2)10-8-13(19)17(15)18/h7-10H,3-6,11-12H2,1-2H3. The molecule has 2 rings (SSSR count). The number of hydrogen-bond donors (Lipinski definition) is 0. The summed E-state index contributed by atoms with van der Waals surface area (Å²) in [6.45, 7) is 5.80. The summed E-state index contributed by atoms with van der Waals surface area (Å²) in [5.74, 6) is 1.80. The van der Waals surface area contributed by atoms with Crippen LogP contribution in [0.1, 0.15) is 39.5 Å². The Morgan fingerprint density at radius 2 is 1.14 bits per heavy atom. The van der Waals surface area contributed by atoms with Crippen molar-refractivity contribution in [3.05, 3.63) is 33.2 Å². The minimum Gasteiger partial charge on any atom is -0.493 e. The van der Waals surface area contributed by atoms with E-state index in [0.29, 0.717) is 0 Å². The lowest BCUT2D eigenvalue weighted by Crippen LogP contribution is -2.00. The Balaban J connectivity index is 2.42. The molecular formula is C18H22Br2O2. The highest BCUT2D eigenvalue weighted by Crippen LogP contribution is 2.42. The van der Waals surface area contributed by atoms with Crippen LogP contribution in [0.5, 0.6) is 11.5 Å². The van der Waals surface area contributed by atoms with Crippen molar-refractivity contribution in [1.29, 1.82) is 0 Å². The van der Waals surface area contributed by atoms with Crippen molar-refractivity contribution in [1.82, 2.24) is 0 Å². The van der Waals surface area contributed by atoms with Gasteiger partial charge in [0.15, 0.2) is 0 Å². The second-order valence-corrected chi connectivity index (χ2v) is 6.95. The molecule has 0 saturated carbocycles. The Morgan fingerprint density at radius 3 is 1.50 bits per heavy atom. The first-order valence-electron chi connectivity index (χ1n) is 7.85. The van der Waals surface area contributed by atoms with Crippen molar-refractivity contribution < 1.29 is 9.47 Å². The molecule has 0 saturated heterocycles. The van der Waals surface area contributed by atoms with Crippen LogP contribution in [0.15, 0.2) is 33.2 Å². The maximum Gasteiger partial charge on any atom is 0.128 e. The summed E-state index contributed by atoms with van der Waals surface area (Å²) in [7, 11) is 0. The molecule has 2 nitrogen and oxygen atoms in total. The normalized spacial score (nSPS) is 10.9. The van der Waals surface area contributed by atoms with Crippen LogP contribution in [0, 0.1) is 0 Å². The lowest BCUT2D eigenvalue weighted by Gasteiger charge is -2.15. The van der Waals surface area contributed by atoms with E-state index in [0.717, 1.165) is 70.1 Å². The van der Waals surface area contributed by atoms with E-state index < -0.39 is 0 Å². The molecule has 22 heavy (non-hydrogen) atoms. The molecule has 0 N–H and O–H groups in total. The van der Waals surface area contributed by atoms with Crippen LogP contribution in [-0.4, -0.2) is 13.2 Å². The fourth-order valence-electron chi connectivity index (χ4n) is 2.25. The molecule has 0 atom stereocenters. The number of unbranched alkanes of at least 4 members (excludes halogenated alkanes) is 2. The van der Waals surface area contributed by atoms with E-state index in [1.165, 1.54) is 0 Å². The third kappa shape index (κ3) is 4.17. The van der Waals surface area contributed by atoms with Gasteiger partial charge in [-0.15, -0.1) is 0 Å². The zero-order chi connectivity index (χ0) is 15.9. The molecule has 0 aliphatic heterocycles. The number of benzene rings is 2. The summed E-state index contributed by atoms with van der Waals surface area (Å²) in [6, 6.07) is 8.09. The Hall–Kier alpha value is -0.740. The SMILES string of the molecule is CCCCOc1ccc(Br)c2c(OCCCC)ccc(Br)c12. The molecule has 0 bridgehead atoms. The second-order valence-electron chi connectivity index (χ2n) is 5.25. The molecule has 120 valence electrons. The first-order valence-corrected chi connectivity index (χ1v) is 9.44. The molecular weight excluding hydrogens is 408 g/mol. The minimum atomic E-state index is 0.737. The van der Waals surface area contributed by atoms with Gasteiger partial charge in [0.25, 0.3) is 0 Å². The lowest BCUT2D eigenvalue weighted by molar-refractivity contribution is 0.309. The largest absolute Gasteiger partial charge is 0.493 e. The van der Waals surface area contributed by atoms with Crippen molar-refractivity contribution in [2.24, 2.45) is 0 Å². The summed E-state index contributed by atoms with van der Waals surface area (Å²) in [4.78, 5) is 0. The fraction of sp³-hybridized carbons (Fsp3) is 0.444. The smallest absolute Gasteiger partial charge is 0.128 e. The van der Waals surface area contributed by atoms with Crippen LogP contribution in [-0.2, 0) is 0 Å². The summed E-state index contributed by atoms with van der Waals surface area (Å²) in [5, 5.41) is 2.14. The molecule has 2 aromatic rings. The molecule has 0 unspecified atom stereocenters. The van der Waals surface area contributed by atoms with Gasteiger partial charge in [0.2, 0.25) is 0 Å². The molecule has 0 heterocycles. The van der Waals surface area contributed by atoms with Crippen molar-refractivity contribution >= 4 is 42.6 Å². The van der Waals surface area contributed by atoms with E-state index in [-0.39, 0.29) is 0 Å². The Morgan fingerprint density at radius 1 is 0.727 bits per heavy atom. The Bertz CT molecular complexity index is 571. The number of hydrogen-bond acceptors (Lipinski definition) is 2. The quantitative estimate of drug-likeness (QED) is 0.433. The zero-order valence-corrected chi connectivity index (χ0v) is 16.3. The third-order valence-corrected chi connectivity index (χ3v) is 4.82. The van der Waals surface area contributed by atoms with Gasteiger partial charge in [0.1, 0.15) is 11.5 Å². The number of halogens is 2. The fourth-order valence-corrected chi connectivity index (χ4v) is 3.30. The maximum absolute atomic E-state index is 5.97. The summed E-state index contributed by atoms with van der Waals surface area (Å²) >= 11 is 7.30. The van der Waals surface area contributed by atoms with Crippen LogP contribution in [0.3, 0.4) is 0 Å². The summed E-state index contributed by atoms with van der Waals surface area (Å²) in [6.07, 6.45) is 4.37. The highest BCUT2D eigenvalue weighted by molar-refractivity contribution is 9.11. The van der Waals surface area contributed by atoms with Crippen LogP contribution < -0.4 is 9.47 Å². The molecule has 0 spiro atoms. The Kier molecular flexibility index (Phi) is 7.03. The van der Waals surface area contributed by atoms with Gasteiger partial charge in [0.05, 0.1) is 13.2 Å². The highest BCUT2D eigenvalue weighted by Gasteiger charge is 2.14. The summed E-state index contributed by atoms with van der Waals surface area (Å²) < 4.78 is 14.0. The topological polar surface area (TPSA) is 18.5 Å². The molecule has 0 aromatic heterocycles. The number of fused-ring (bicyclic) bond motifs is 1. The van der Waals surface area contributed by atoms with Crippen molar-refractivity contribution in [2.75, 3.05) is 13.2 Å². The molecule has 0 aliphatic rings. The molecule has 0 radical (unpaired) electrons. The lowest BCUT2D eigenvalue weighted by atomic mass is 10.1. The van der Waals surface area contributed by atoms with Gasteiger partial charge < -0.3 is 9.47 Å². The second kappa shape index (κ2) is 8.78. The molecule has 0 fully saturated rings. The van der Waals surface area contributed by atoms with Gasteiger partial charge in [-0.3, -0.25) is 0 Å². The van der Waals surface area contributed by atoms with Crippen molar-refractivity contribution in [2.45, 2.75) is 39.5 Å². The van der Waals surface area contributed by atoms with Gasteiger partial charge in [-0.25, -0.2) is 0 Å². The predicted octanol–water partition coefficient (Wildman–Crippen LogP) is 6.72. The monoisotopic (exact) mass is 428 g/mol. The van der Waals surface area contributed by atoms with Crippen molar-refractivity contribution in [3.63, 3.8) is 0 Å². The highest BCUT2D eigenvalue weighted by atomic mass is 79.9. The first-order chi connectivity index (χ1) is 10.7. The predicted molar refractivity (Wildman–Crippen MR) is 100 cm³/mol. The average Bonchev–Trinajstić information content (AvgIpc) is 2.52. The van der Waals surface area contributed by atoms with Crippen LogP contribution >= 0.6 is 31.9 Å². The van der Waals surface area contributed by atoms with Gasteiger partial charge >= 0.3 is 0 Å². The first kappa shape index (κ1) is 17.6. The van der Waals surface area contributed by atoms with Crippen LogP contribution in [0.2, 0.25) is 0 Å². The third-order valence-electron chi connectivity index (χ3n) is 3.49. The zero-order valence-electron chi connectivity index (χ0n) is 13.1. The maximum atomic E-state index is 5.97. The Labute approximate surface area is 149 Å². The molecule has 4 heteroatoms. The molecule has 0 aliphatic carbocycles.